The van der Waals surface area contributed by atoms with E-state index in [4.69, 9.17) is 4.74 Å². The van der Waals surface area contributed by atoms with Gasteiger partial charge in [-0.1, -0.05) is 48.6 Å². The van der Waals surface area contributed by atoms with E-state index >= 15 is 0 Å². The lowest BCUT2D eigenvalue weighted by Gasteiger charge is -2.08. The minimum absolute atomic E-state index is 0.0923. The number of aromatic nitrogens is 1. The van der Waals surface area contributed by atoms with Crippen LogP contribution >= 0.6 is 11.3 Å². The first-order valence-electron chi connectivity index (χ1n) is 10.8. The number of nitrogens with one attached hydrogen (secondary N) is 1. The van der Waals surface area contributed by atoms with Crippen molar-refractivity contribution >= 4 is 49.1 Å². The molecule has 4 rings (SSSR count). The van der Waals surface area contributed by atoms with Gasteiger partial charge in [0, 0.05) is 11.3 Å². The van der Waals surface area contributed by atoms with E-state index in [9.17, 15) is 18.0 Å². The van der Waals surface area contributed by atoms with Crippen LogP contribution in [0.3, 0.4) is 0 Å². The van der Waals surface area contributed by atoms with Crippen LogP contribution in [0.4, 0.5) is 5.69 Å². The molecule has 10 heteroatoms. The molecule has 0 atom stereocenters. The fraction of sp³-hybridized carbons (Fsp3) is 0.160. The molecule has 35 heavy (non-hydrogen) atoms. The number of carbonyl (C=O) groups is 2. The number of thiazole rings is 1. The molecular weight excluding hydrogens is 486 g/mol. The molecule has 0 unspecified atom stereocenters. The van der Waals surface area contributed by atoms with Gasteiger partial charge in [-0.05, 0) is 54.4 Å². The molecule has 0 bridgehead atoms. The number of nitrogens with zero attached hydrogens (tertiary/aromatic N) is 2. The van der Waals surface area contributed by atoms with Gasteiger partial charge in [-0.15, -0.1) is 0 Å². The fourth-order valence-corrected chi connectivity index (χ4v) is 5.61. The van der Waals surface area contributed by atoms with Gasteiger partial charge in [0.05, 0.1) is 22.2 Å². The molecule has 180 valence electrons. The predicted molar refractivity (Wildman–Crippen MR) is 135 cm³/mol. The van der Waals surface area contributed by atoms with Crippen molar-refractivity contribution in [1.82, 2.24) is 4.57 Å². The zero-order valence-electron chi connectivity index (χ0n) is 19.1. The lowest BCUT2D eigenvalue weighted by atomic mass is 10.2. The van der Waals surface area contributed by atoms with E-state index in [0.29, 0.717) is 4.80 Å². The number of rotatable bonds is 7. The fourth-order valence-electron chi connectivity index (χ4n) is 3.45. The number of methoxy groups -OCH3 is 1. The smallest absolute Gasteiger partial charge is 0.325 e. The summed E-state index contributed by atoms with van der Waals surface area (Å²) in [4.78, 5) is 29.8. The highest BCUT2D eigenvalue weighted by Crippen LogP contribution is 2.21. The molecule has 1 aromatic heterocycles. The Morgan fingerprint density at radius 2 is 1.80 bits per heavy atom. The number of amides is 1. The molecule has 8 nitrogen and oxygen atoms in total. The standard InChI is InChI=1S/C25H23N3O5S2/c1-3-17-12-13-21-22(14-17)34-25(28(21)16-23(29)33-2)26-24(30)18-8-7-9-19(15-18)27-35(31,32)20-10-5-4-6-11-20/h4-15,27H,3,16H2,1-2H3. The van der Waals surface area contributed by atoms with Crippen LogP contribution in [0.5, 0.6) is 0 Å². The molecular formula is C25H23N3O5S2. The van der Waals surface area contributed by atoms with Crippen molar-refractivity contribution in [1.29, 1.82) is 0 Å². The van der Waals surface area contributed by atoms with Gasteiger partial charge in [0.25, 0.3) is 15.9 Å². The van der Waals surface area contributed by atoms with Gasteiger partial charge in [0.1, 0.15) is 6.54 Å². The van der Waals surface area contributed by atoms with E-state index < -0.39 is 21.9 Å². The van der Waals surface area contributed by atoms with Crippen LogP contribution in [-0.2, 0) is 32.5 Å². The van der Waals surface area contributed by atoms with Crippen molar-refractivity contribution in [3.05, 3.63) is 88.7 Å². The molecule has 0 saturated heterocycles. The molecule has 0 radical (unpaired) electrons. The number of carbonyl (C=O) groups excluding carboxylic acids is 2. The summed E-state index contributed by atoms with van der Waals surface area (Å²) in [5.41, 5.74) is 2.34. The number of esters is 1. The van der Waals surface area contributed by atoms with Gasteiger partial charge in [-0.25, -0.2) is 8.42 Å². The monoisotopic (exact) mass is 509 g/mol. The maximum Gasteiger partial charge on any atom is 0.325 e. The maximum atomic E-state index is 13.0. The highest BCUT2D eigenvalue weighted by Gasteiger charge is 2.16. The van der Waals surface area contributed by atoms with Crippen LogP contribution in [0.2, 0.25) is 0 Å². The first kappa shape index (κ1) is 24.4. The third kappa shape index (κ3) is 5.50. The zero-order chi connectivity index (χ0) is 25.0. The molecule has 1 N–H and O–H groups in total. The second kappa shape index (κ2) is 10.2. The summed E-state index contributed by atoms with van der Waals surface area (Å²) in [7, 11) is -2.50. The summed E-state index contributed by atoms with van der Waals surface area (Å²) in [6.07, 6.45) is 0.849. The minimum atomic E-state index is -3.81. The number of benzene rings is 3. The van der Waals surface area contributed by atoms with Crippen LogP contribution in [-0.4, -0.2) is 32.0 Å². The first-order chi connectivity index (χ1) is 16.8. The largest absolute Gasteiger partial charge is 0.468 e. The second-order valence-electron chi connectivity index (χ2n) is 7.62. The Hall–Kier alpha value is -3.76. The number of fused-ring (bicyclic) bond motifs is 1. The summed E-state index contributed by atoms with van der Waals surface area (Å²) < 4.78 is 35.1. The molecule has 4 aromatic rings. The van der Waals surface area contributed by atoms with E-state index in [1.807, 2.05) is 25.1 Å². The SMILES string of the molecule is CCc1ccc2c(c1)sc(=NC(=O)c1cccc(NS(=O)(=O)c3ccccc3)c1)n2CC(=O)OC. The maximum absolute atomic E-state index is 13.0. The summed E-state index contributed by atoms with van der Waals surface area (Å²) >= 11 is 1.30. The topological polar surface area (TPSA) is 107 Å². The third-order valence-electron chi connectivity index (χ3n) is 5.28. The Morgan fingerprint density at radius 1 is 1.03 bits per heavy atom. The van der Waals surface area contributed by atoms with Gasteiger partial charge in [0.15, 0.2) is 4.80 Å². The van der Waals surface area contributed by atoms with Crippen molar-refractivity contribution in [2.75, 3.05) is 11.8 Å². The summed E-state index contributed by atoms with van der Waals surface area (Å²) in [5, 5.41) is 0. The molecule has 0 saturated carbocycles. The Kier molecular flexibility index (Phi) is 7.13. The Morgan fingerprint density at radius 3 is 2.51 bits per heavy atom. The highest BCUT2D eigenvalue weighted by molar-refractivity contribution is 7.92. The normalized spacial score (nSPS) is 12.0. The molecule has 0 aliphatic rings. The van der Waals surface area contributed by atoms with Crippen LogP contribution < -0.4 is 9.52 Å². The van der Waals surface area contributed by atoms with Crippen LogP contribution in [0, 0.1) is 0 Å². The quantitative estimate of drug-likeness (QED) is 0.379. The number of aryl methyl sites for hydroxylation is 1. The number of ether oxygens (including phenoxy) is 1. The molecule has 3 aromatic carbocycles. The molecule has 0 spiro atoms. The van der Waals surface area contributed by atoms with E-state index in [2.05, 4.69) is 9.71 Å². The number of sulfonamides is 1. The Bertz CT molecular complexity index is 1570. The summed E-state index contributed by atoms with van der Waals surface area (Å²) in [6, 6.07) is 19.9. The van der Waals surface area contributed by atoms with Gasteiger partial charge in [-0.2, -0.15) is 4.99 Å². The predicted octanol–water partition coefficient (Wildman–Crippen LogP) is 3.98. The zero-order valence-corrected chi connectivity index (χ0v) is 20.7. The van der Waals surface area contributed by atoms with E-state index in [-0.39, 0.29) is 22.7 Å². The Balaban J connectivity index is 1.70. The molecule has 1 heterocycles. The number of hydrogen-bond acceptors (Lipinski definition) is 6. The average molecular weight is 510 g/mol. The van der Waals surface area contributed by atoms with Gasteiger partial charge in [0.2, 0.25) is 0 Å². The number of hydrogen-bond donors (Lipinski definition) is 1. The Labute approximate surface area is 206 Å². The third-order valence-corrected chi connectivity index (χ3v) is 7.72. The second-order valence-corrected chi connectivity index (χ2v) is 10.3. The van der Waals surface area contributed by atoms with Crippen molar-refractivity contribution < 1.29 is 22.7 Å². The van der Waals surface area contributed by atoms with Crippen molar-refractivity contribution in [2.45, 2.75) is 24.8 Å². The van der Waals surface area contributed by atoms with E-state index in [0.717, 1.165) is 22.2 Å². The van der Waals surface area contributed by atoms with E-state index in [1.54, 1.807) is 41.0 Å². The van der Waals surface area contributed by atoms with Crippen molar-refractivity contribution in [3.63, 3.8) is 0 Å². The first-order valence-corrected chi connectivity index (χ1v) is 13.1. The average Bonchev–Trinajstić information content (AvgIpc) is 3.19. The summed E-state index contributed by atoms with van der Waals surface area (Å²) in [5.74, 6) is -1.03. The van der Waals surface area contributed by atoms with Crippen LogP contribution in [0.25, 0.3) is 10.2 Å². The number of anilines is 1. The molecule has 0 aliphatic heterocycles. The lowest BCUT2D eigenvalue weighted by molar-refractivity contribution is -0.141. The molecule has 1 amide bonds. The van der Waals surface area contributed by atoms with Crippen LogP contribution in [0.1, 0.15) is 22.8 Å². The molecule has 0 aliphatic carbocycles. The van der Waals surface area contributed by atoms with Crippen molar-refractivity contribution in [2.24, 2.45) is 4.99 Å². The summed E-state index contributed by atoms with van der Waals surface area (Å²) in [6.45, 7) is 1.95. The lowest BCUT2D eigenvalue weighted by Crippen LogP contribution is -2.22. The van der Waals surface area contributed by atoms with Crippen molar-refractivity contribution in [3.8, 4) is 0 Å². The minimum Gasteiger partial charge on any atom is -0.468 e. The molecule has 0 fully saturated rings. The van der Waals surface area contributed by atoms with Crippen LogP contribution in [0.15, 0.2) is 82.7 Å². The van der Waals surface area contributed by atoms with E-state index in [1.165, 1.54) is 36.6 Å². The van der Waals surface area contributed by atoms with Gasteiger partial charge < -0.3 is 9.30 Å². The van der Waals surface area contributed by atoms with Gasteiger partial charge >= 0.3 is 5.97 Å². The highest BCUT2D eigenvalue weighted by atomic mass is 32.2. The van der Waals surface area contributed by atoms with Gasteiger partial charge in [-0.3, -0.25) is 14.3 Å².